The first-order chi connectivity index (χ1) is 25.3. The number of carbonyl (C=O) groups is 3. The van der Waals surface area contributed by atoms with Crippen molar-refractivity contribution in [1.82, 2.24) is 14.5 Å². The summed E-state index contributed by atoms with van der Waals surface area (Å²) in [7, 11) is -3.56. The monoisotopic (exact) mass is 753 g/mol. The molecule has 1 unspecified atom stereocenters. The number of carbonyl (C=O) groups excluding carboxylic acids is 3. The smallest absolute Gasteiger partial charge is 0.334 e. The number of imide groups is 2. The molecule has 3 fully saturated rings. The van der Waals surface area contributed by atoms with Gasteiger partial charge in [0.1, 0.15) is 5.57 Å². The maximum atomic E-state index is 14.1. The highest BCUT2D eigenvalue weighted by atomic mass is 32.2. The third-order valence-corrected chi connectivity index (χ3v) is 13.3. The molecule has 4 aliphatic rings. The van der Waals surface area contributed by atoms with Gasteiger partial charge < -0.3 is 4.90 Å². The number of urea groups is 1. The molecule has 5 rings (SSSR count). The molecule has 2 saturated carbocycles. The van der Waals surface area contributed by atoms with Gasteiger partial charge in [-0.2, -0.15) is 0 Å². The Morgan fingerprint density at radius 3 is 2.06 bits per heavy atom. The molecule has 292 valence electrons. The summed E-state index contributed by atoms with van der Waals surface area (Å²) in [5, 5.41) is 11.8. The lowest BCUT2D eigenvalue weighted by Crippen LogP contribution is -2.62. The highest BCUT2D eigenvalue weighted by Gasteiger charge is 2.48. The summed E-state index contributed by atoms with van der Waals surface area (Å²) >= 11 is 0. The van der Waals surface area contributed by atoms with Crippen LogP contribution in [0.3, 0.4) is 0 Å². The van der Waals surface area contributed by atoms with E-state index in [-0.39, 0.29) is 41.4 Å². The van der Waals surface area contributed by atoms with Crippen LogP contribution in [0.25, 0.3) is 0 Å². The number of allylic oxidation sites excluding steroid dienone is 3. The molecule has 2 heterocycles. The molecule has 1 atom stereocenters. The number of sulfonamides is 1. The number of rotatable bonds is 16. The second-order valence-corrected chi connectivity index (χ2v) is 17.8. The Morgan fingerprint density at radius 1 is 0.906 bits per heavy atom. The minimum absolute atomic E-state index is 0.0602. The van der Waals surface area contributed by atoms with Crippen molar-refractivity contribution in [1.29, 1.82) is 0 Å². The summed E-state index contributed by atoms with van der Waals surface area (Å²) < 4.78 is 29.1. The van der Waals surface area contributed by atoms with Crippen LogP contribution in [-0.2, 0) is 25.0 Å². The maximum absolute atomic E-state index is 14.1. The molecule has 0 spiro atoms. The molecular weight excluding hydrogens is 695 g/mol. The Bertz CT molecular complexity index is 1650. The number of hydrogen-bond acceptors (Lipinski definition) is 8. The van der Waals surface area contributed by atoms with E-state index in [4.69, 9.17) is 0 Å². The van der Waals surface area contributed by atoms with E-state index in [1.54, 1.807) is 18.2 Å². The minimum atomic E-state index is -3.56. The first-order valence-electron chi connectivity index (χ1n) is 20.0. The van der Waals surface area contributed by atoms with Gasteiger partial charge in [-0.25, -0.2) is 17.9 Å². The summed E-state index contributed by atoms with van der Waals surface area (Å²) in [4.78, 5) is 58.2. The van der Waals surface area contributed by atoms with Crippen molar-refractivity contribution in [2.75, 3.05) is 23.7 Å². The van der Waals surface area contributed by atoms with Crippen molar-refractivity contribution in [2.45, 2.75) is 148 Å². The number of non-ortho nitro benzene ring substituents is 1. The van der Waals surface area contributed by atoms with E-state index in [1.807, 2.05) is 18.7 Å². The number of anilines is 1. The Kier molecular flexibility index (Phi) is 13.6. The van der Waals surface area contributed by atoms with Gasteiger partial charge in [-0.3, -0.25) is 29.5 Å². The van der Waals surface area contributed by atoms with Crippen LogP contribution in [0.15, 0.2) is 41.6 Å². The first kappa shape index (κ1) is 40.6. The summed E-state index contributed by atoms with van der Waals surface area (Å²) in [5.41, 5.74) is 1.17. The number of fused-ring (bicyclic) bond motifs is 1. The second-order valence-electron chi connectivity index (χ2n) is 15.9. The van der Waals surface area contributed by atoms with Crippen LogP contribution in [0.1, 0.15) is 136 Å². The highest BCUT2D eigenvalue weighted by molar-refractivity contribution is 7.89. The Morgan fingerprint density at radius 2 is 1.51 bits per heavy atom. The van der Waals surface area contributed by atoms with Crippen molar-refractivity contribution in [3.8, 4) is 0 Å². The molecule has 2 aliphatic heterocycles. The van der Waals surface area contributed by atoms with Crippen LogP contribution in [0, 0.1) is 16.0 Å². The Labute approximate surface area is 315 Å². The van der Waals surface area contributed by atoms with Gasteiger partial charge in [0.15, 0.2) is 0 Å². The lowest BCUT2D eigenvalue weighted by Gasteiger charge is -2.43. The third kappa shape index (κ3) is 9.21. The van der Waals surface area contributed by atoms with Gasteiger partial charge in [0.25, 0.3) is 17.5 Å². The van der Waals surface area contributed by atoms with Crippen LogP contribution >= 0.6 is 0 Å². The molecule has 1 aromatic rings. The molecule has 12 nitrogen and oxygen atoms in total. The zero-order valence-electron chi connectivity index (χ0n) is 32.1. The third-order valence-electron chi connectivity index (χ3n) is 11.9. The Hall–Kier alpha value is -3.58. The summed E-state index contributed by atoms with van der Waals surface area (Å²) in [6, 6.07) is 3.64. The fraction of sp³-hybridized carbons (Fsp3) is 0.675. The molecule has 0 aromatic heterocycles. The van der Waals surface area contributed by atoms with Gasteiger partial charge in [-0.15, -0.1) is 0 Å². The van der Waals surface area contributed by atoms with Gasteiger partial charge in [-0.1, -0.05) is 91.9 Å². The number of barbiturate groups is 1. The number of benzene rings is 1. The van der Waals surface area contributed by atoms with E-state index in [0.29, 0.717) is 55.7 Å². The van der Waals surface area contributed by atoms with Crippen molar-refractivity contribution < 1.29 is 27.7 Å². The molecule has 1 aromatic carbocycles. The average Bonchev–Trinajstić information content (AvgIpc) is 3.34. The van der Waals surface area contributed by atoms with Gasteiger partial charge >= 0.3 is 6.03 Å². The van der Waals surface area contributed by atoms with Gasteiger partial charge in [0, 0.05) is 54.1 Å². The normalized spacial score (nSPS) is 21.4. The SMILES string of the molecule is CCCCCC(CC)CNS(=O)(=O)CCCN1/C(=C/C=C2C(=O)N(C3CCCCC3)C(=O)N(C3CCCCC3)C2=O)C(C)(C)c2cc([N+](=O)[O-])ccc21. The lowest BCUT2D eigenvalue weighted by molar-refractivity contribution is -0.384. The van der Waals surface area contributed by atoms with E-state index in [0.717, 1.165) is 70.6 Å². The van der Waals surface area contributed by atoms with Gasteiger partial charge in [0.05, 0.1) is 10.7 Å². The fourth-order valence-electron chi connectivity index (χ4n) is 8.65. The maximum Gasteiger partial charge on any atom is 0.334 e. The largest absolute Gasteiger partial charge is 0.344 e. The predicted molar refractivity (Wildman–Crippen MR) is 207 cm³/mol. The van der Waals surface area contributed by atoms with E-state index >= 15 is 0 Å². The highest BCUT2D eigenvalue weighted by Crippen LogP contribution is 2.49. The number of nitrogens with zero attached hydrogens (tertiary/aromatic N) is 4. The Balaban J connectivity index is 1.45. The molecule has 13 heteroatoms. The summed E-state index contributed by atoms with van der Waals surface area (Å²) in [6.45, 7) is 8.79. The van der Waals surface area contributed by atoms with Gasteiger partial charge in [-0.05, 0) is 68.2 Å². The molecule has 0 radical (unpaired) electrons. The zero-order chi connectivity index (χ0) is 38.3. The number of hydrogen-bond donors (Lipinski definition) is 1. The minimum Gasteiger partial charge on any atom is -0.344 e. The molecule has 4 amide bonds. The lowest BCUT2D eigenvalue weighted by atomic mass is 9.83. The number of unbranched alkanes of at least 4 members (excludes halogenated alkanes) is 2. The van der Waals surface area contributed by atoms with E-state index < -0.39 is 38.2 Å². The van der Waals surface area contributed by atoms with Crippen LogP contribution in [-0.4, -0.2) is 71.9 Å². The quantitative estimate of drug-likeness (QED) is 0.0589. The second kappa shape index (κ2) is 17.7. The predicted octanol–water partition coefficient (Wildman–Crippen LogP) is 7.87. The average molecular weight is 754 g/mol. The number of amides is 4. The van der Waals surface area contributed by atoms with Crippen molar-refractivity contribution in [3.63, 3.8) is 0 Å². The topological polar surface area (TPSA) is 150 Å². The summed E-state index contributed by atoms with van der Waals surface area (Å²) in [6.07, 6.45) is 17.3. The van der Waals surface area contributed by atoms with Crippen LogP contribution < -0.4 is 9.62 Å². The van der Waals surface area contributed by atoms with E-state index in [1.165, 1.54) is 21.9 Å². The summed E-state index contributed by atoms with van der Waals surface area (Å²) in [5.74, 6) is -0.978. The zero-order valence-corrected chi connectivity index (χ0v) is 32.9. The first-order valence-corrected chi connectivity index (χ1v) is 21.6. The standard InChI is InChI=1S/C40H59N5O7S/c1-5-7-10-16-29(6-2)28-41-53(51,52)26-15-25-42-35-23-21-32(45(49)50)27-34(35)40(3,4)36(42)24-22-33-37(46)43(30-17-11-8-12-18-30)39(48)44(38(33)47)31-19-13-9-14-20-31/h21-24,27,29-31,41H,5-20,25-26,28H2,1-4H3/b36-24+. The fourth-order valence-corrected chi connectivity index (χ4v) is 9.79. The van der Waals surface area contributed by atoms with Crippen LogP contribution in [0.2, 0.25) is 0 Å². The van der Waals surface area contributed by atoms with E-state index in [9.17, 15) is 32.9 Å². The van der Waals surface area contributed by atoms with Crippen molar-refractivity contribution in [3.05, 3.63) is 57.3 Å². The molecule has 2 aliphatic carbocycles. The number of nitro groups is 1. The van der Waals surface area contributed by atoms with Gasteiger partial charge in [0.2, 0.25) is 10.0 Å². The van der Waals surface area contributed by atoms with Crippen LogP contribution in [0.4, 0.5) is 16.2 Å². The number of nitrogens with one attached hydrogen (secondary N) is 1. The molecule has 0 bridgehead atoms. The van der Waals surface area contributed by atoms with Crippen LogP contribution in [0.5, 0.6) is 0 Å². The van der Waals surface area contributed by atoms with E-state index in [2.05, 4.69) is 18.6 Å². The molecule has 1 saturated heterocycles. The molecule has 53 heavy (non-hydrogen) atoms. The molecular formula is C40H59N5O7S. The number of nitro benzene ring substituents is 1. The molecule has 1 N–H and O–H groups in total. The van der Waals surface area contributed by atoms with Crippen molar-refractivity contribution in [2.24, 2.45) is 5.92 Å². The van der Waals surface area contributed by atoms with Crippen molar-refractivity contribution >= 4 is 39.2 Å².